The Kier molecular flexibility index (Phi) is 4.61. The van der Waals surface area contributed by atoms with Crippen LogP contribution in [0, 0.1) is 5.92 Å². The maximum atomic E-state index is 13.9. The van der Waals surface area contributed by atoms with E-state index >= 15 is 0 Å². The molecular weight excluding hydrogens is 228 g/mol. The first-order chi connectivity index (χ1) is 7.82. The van der Waals surface area contributed by atoms with Gasteiger partial charge in [0, 0.05) is 25.6 Å². The summed E-state index contributed by atoms with van der Waals surface area (Å²) in [6.07, 6.45) is 0.789. The van der Waals surface area contributed by atoms with Crippen molar-refractivity contribution in [1.29, 1.82) is 0 Å². The highest BCUT2D eigenvalue weighted by Gasteiger charge is 2.48. The van der Waals surface area contributed by atoms with Crippen LogP contribution in [-0.4, -0.2) is 37.0 Å². The highest BCUT2D eigenvalue weighted by molar-refractivity contribution is 5.79. The SMILES string of the molecule is CCCOC1(C(=O)F)CNCC(C(C)(C)F)C1. The van der Waals surface area contributed by atoms with E-state index in [0.717, 1.165) is 0 Å². The molecule has 1 N–H and O–H groups in total. The van der Waals surface area contributed by atoms with Gasteiger partial charge in [-0.15, -0.1) is 0 Å². The van der Waals surface area contributed by atoms with E-state index in [2.05, 4.69) is 5.32 Å². The summed E-state index contributed by atoms with van der Waals surface area (Å²) in [7, 11) is 0. The van der Waals surface area contributed by atoms with Gasteiger partial charge in [-0.25, -0.2) is 4.39 Å². The molecule has 2 atom stereocenters. The molecule has 100 valence electrons. The molecule has 17 heavy (non-hydrogen) atoms. The Labute approximate surface area is 101 Å². The summed E-state index contributed by atoms with van der Waals surface area (Å²) < 4.78 is 32.4. The normalized spacial score (nSPS) is 30.3. The predicted octanol–water partition coefficient (Wildman–Crippen LogP) is 2.01. The first kappa shape index (κ1) is 14.5. The fourth-order valence-electron chi connectivity index (χ4n) is 2.09. The maximum Gasteiger partial charge on any atom is 0.334 e. The van der Waals surface area contributed by atoms with E-state index in [0.29, 0.717) is 19.6 Å². The van der Waals surface area contributed by atoms with Crippen molar-refractivity contribution in [2.24, 2.45) is 5.92 Å². The first-order valence-corrected chi connectivity index (χ1v) is 6.05. The molecule has 1 fully saturated rings. The molecule has 3 nitrogen and oxygen atoms in total. The van der Waals surface area contributed by atoms with E-state index in [9.17, 15) is 13.6 Å². The van der Waals surface area contributed by atoms with Crippen molar-refractivity contribution in [3.8, 4) is 0 Å². The number of nitrogens with one attached hydrogen (secondary N) is 1. The zero-order chi connectivity index (χ0) is 13.1. The lowest BCUT2D eigenvalue weighted by molar-refractivity contribution is -0.164. The van der Waals surface area contributed by atoms with Crippen LogP contribution in [0.2, 0.25) is 0 Å². The molecule has 5 heteroatoms. The lowest BCUT2D eigenvalue weighted by Gasteiger charge is -2.41. The van der Waals surface area contributed by atoms with Crippen LogP contribution in [0.4, 0.5) is 8.78 Å². The number of hydrogen-bond acceptors (Lipinski definition) is 3. The molecule has 0 aromatic carbocycles. The molecule has 1 aliphatic rings. The predicted molar refractivity (Wildman–Crippen MR) is 61.3 cm³/mol. The van der Waals surface area contributed by atoms with E-state index in [1.165, 1.54) is 13.8 Å². The Morgan fingerprint density at radius 1 is 1.59 bits per heavy atom. The summed E-state index contributed by atoms with van der Waals surface area (Å²) in [5.74, 6) is -0.423. The standard InChI is InChI=1S/C12H21F2NO2/c1-4-5-17-12(10(13)16)6-9(7-15-8-12)11(2,3)14/h9,15H,4-8H2,1-3H3. The molecule has 0 amide bonds. The van der Waals surface area contributed by atoms with Crippen LogP contribution in [0.15, 0.2) is 0 Å². The molecule has 1 aliphatic heterocycles. The topological polar surface area (TPSA) is 38.3 Å². The third-order valence-electron chi connectivity index (χ3n) is 3.29. The van der Waals surface area contributed by atoms with Gasteiger partial charge in [0.25, 0.3) is 0 Å². The minimum atomic E-state index is -1.51. The molecule has 0 spiro atoms. The van der Waals surface area contributed by atoms with Gasteiger partial charge in [0.2, 0.25) is 0 Å². The van der Waals surface area contributed by atoms with E-state index in [4.69, 9.17) is 4.74 Å². The third kappa shape index (κ3) is 3.45. The summed E-state index contributed by atoms with van der Waals surface area (Å²) >= 11 is 0. The highest BCUT2D eigenvalue weighted by atomic mass is 19.1. The molecule has 2 unspecified atom stereocenters. The number of rotatable bonds is 5. The summed E-state index contributed by atoms with van der Waals surface area (Å²) in [5.41, 5.74) is -2.95. The van der Waals surface area contributed by atoms with Gasteiger partial charge < -0.3 is 10.1 Å². The zero-order valence-electron chi connectivity index (χ0n) is 10.7. The second-order valence-corrected chi connectivity index (χ2v) is 5.21. The van der Waals surface area contributed by atoms with E-state index in [1.807, 2.05) is 6.92 Å². The summed E-state index contributed by atoms with van der Waals surface area (Å²) in [4.78, 5) is 11.1. The van der Waals surface area contributed by atoms with Gasteiger partial charge in [-0.1, -0.05) is 6.92 Å². The van der Waals surface area contributed by atoms with Gasteiger partial charge in [0.1, 0.15) is 5.67 Å². The van der Waals surface area contributed by atoms with Crippen molar-refractivity contribution in [3.63, 3.8) is 0 Å². The van der Waals surface area contributed by atoms with Gasteiger partial charge in [-0.2, -0.15) is 4.39 Å². The monoisotopic (exact) mass is 249 g/mol. The Morgan fingerprint density at radius 2 is 2.24 bits per heavy atom. The van der Waals surface area contributed by atoms with Crippen LogP contribution in [0.1, 0.15) is 33.6 Å². The number of ether oxygens (including phenoxy) is 1. The summed E-state index contributed by atoms with van der Waals surface area (Å²) in [6.45, 7) is 5.62. The molecule has 0 aromatic heterocycles. The number of alkyl halides is 1. The molecule has 1 heterocycles. The van der Waals surface area contributed by atoms with Crippen LogP contribution in [-0.2, 0) is 9.53 Å². The van der Waals surface area contributed by atoms with Crippen LogP contribution >= 0.6 is 0 Å². The average Bonchev–Trinajstić information content (AvgIpc) is 2.25. The molecule has 0 radical (unpaired) electrons. The molecule has 0 saturated carbocycles. The van der Waals surface area contributed by atoms with Crippen LogP contribution in [0.3, 0.4) is 0 Å². The van der Waals surface area contributed by atoms with E-state index in [-0.39, 0.29) is 13.0 Å². The highest BCUT2D eigenvalue weighted by Crippen LogP contribution is 2.34. The largest absolute Gasteiger partial charge is 0.363 e. The first-order valence-electron chi connectivity index (χ1n) is 6.05. The van der Waals surface area contributed by atoms with Crippen LogP contribution in [0.25, 0.3) is 0 Å². The Balaban J connectivity index is 2.80. The van der Waals surface area contributed by atoms with E-state index in [1.54, 1.807) is 0 Å². The second-order valence-electron chi connectivity index (χ2n) is 5.21. The minimum absolute atomic E-state index is 0.0961. The Hall–Kier alpha value is -0.550. The van der Waals surface area contributed by atoms with Gasteiger partial charge in [0.15, 0.2) is 5.60 Å². The minimum Gasteiger partial charge on any atom is -0.363 e. The summed E-state index contributed by atoms with van der Waals surface area (Å²) in [5, 5.41) is 2.90. The lowest BCUT2D eigenvalue weighted by atomic mass is 9.79. The quantitative estimate of drug-likeness (QED) is 0.757. The molecule has 1 rings (SSSR count). The van der Waals surface area contributed by atoms with Crippen molar-refractivity contribution in [3.05, 3.63) is 0 Å². The molecular formula is C12H21F2NO2. The van der Waals surface area contributed by atoms with Crippen molar-refractivity contribution >= 4 is 6.04 Å². The zero-order valence-corrected chi connectivity index (χ0v) is 10.7. The molecule has 0 bridgehead atoms. The van der Waals surface area contributed by atoms with Crippen LogP contribution in [0.5, 0.6) is 0 Å². The van der Waals surface area contributed by atoms with Crippen molar-refractivity contribution in [2.75, 3.05) is 19.7 Å². The molecule has 0 aliphatic carbocycles. The van der Waals surface area contributed by atoms with Crippen molar-refractivity contribution < 1.29 is 18.3 Å². The number of hydrogen-bond donors (Lipinski definition) is 1. The van der Waals surface area contributed by atoms with Gasteiger partial charge in [-0.3, -0.25) is 4.79 Å². The maximum absolute atomic E-state index is 13.9. The number of carbonyl (C=O) groups excluding carboxylic acids is 1. The van der Waals surface area contributed by atoms with Gasteiger partial charge in [-0.05, 0) is 26.7 Å². The Bertz CT molecular complexity index is 278. The molecule has 0 aromatic rings. The number of piperidine rings is 1. The van der Waals surface area contributed by atoms with Crippen LogP contribution < -0.4 is 5.32 Å². The molecule has 1 saturated heterocycles. The van der Waals surface area contributed by atoms with Crippen molar-refractivity contribution in [1.82, 2.24) is 5.32 Å². The smallest absolute Gasteiger partial charge is 0.334 e. The van der Waals surface area contributed by atoms with E-state index < -0.39 is 23.2 Å². The van der Waals surface area contributed by atoms with Crippen molar-refractivity contribution in [2.45, 2.75) is 44.9 Å². The van der Waals surface area contributed by atoms with Gasteiger partial charge >= 0.3 is 6.04 Å². The summed E-state index contributed by atoms with van der Waals surface area (Å²) in [6, 6.07) is -1.51. The third-order valence-corrected chi connectivity index (χ3v) is 3.29. The Morgan fingerprint density at radius 3 is 2.71 bits per heavy atom. The average molecular weight is 249 g/mol. The fraction of sp³-hybridized carbons (Fsp3) is 0.917. The number of carbonyl (C=O) groups is 1. The van der Waals surface area contributed by atoms with Gasteiger partial charge in [0.05, 0.1) is 0 Å². The fourth-order valence-corrected chi connectivity index (χ4v) is 2.09. The lowest BCUT2D eigenvalue weighted by Crippen LogP contribution is -2.58. The second kappa shape index (κ2) is 5.40. The number of halogens is 2.